The number of pyridine rings is 1. The molecule has 0 saturated heterocycles. The molecule has 7 heteroatoms. The summed E-state index contributed by atoms with van der Waals surface area (Å²) < 4.78 is 10.9. The second kappa shape index (κ2) is 8.87. The van der Waals surface area contributed by atoms with Crippen molar-refractivity contribution in [2.75, 3.05) is 0 Å². The molecule has 1 heterocycles. The summed E-state index contributed by atoms with van der Waals surface area (Å²) in [7, 11) is 0. The van der Waals surface area contributed by atoms with Crippen LogP contribution in [0.15, 0.2) is 42.5 Å². The highest BCUT2D eigenvalue weighted by Crippen LogP contribution is 2.22. The number of carbonyl (C=O) groups is 1. The Balaban J connectivity index is 0.00000288. The van der Waals surface area contributed by atoms with E-state index in [0.717, 1.165) is 0 Å². The van der Waals surface area contributed by atoms with Gasteiger partial charge in [0.05, 0.1) is 18.0 Å². The third kappa shape index (κ3) is 5.67. The number of hydrogen-bond donors (Lipinski definition) is 1. The lowest BCUT2D eigenvalue weighted by molar-refractivity contribution is -0.160. The molecule has 0 unspecified atom stereocenters. The standard InChI is InChI=1S/C17H18ClNO4.ClH/c1-17(2,23-15-8-6-12(18)7-9-15)16(21)22-11-14-5-3-4-13(10-20)19-14;/h3-9,20H,10-11H2,1-2H3;1H. The van der Waals surface area contributed by atoms with Gasteiger partial charge in [-0.15, -0.1) is 12.4 Å². The lowest BCUT2D eigenvalue weighted by Gasteiger charge is -2.24. The molecule has 2 aromatic rings. The fourth-order valence-electron chi connectivity index (χ4n) is 1.85. The van der Waals surface area contributed by atoms with Crippen molar-refractivity contribution in [2.24, 2.45) is 0 Å². The lowest BCUT2D eigenvalue weighted by Crippen LogP contribution is -2.39. The number of nitrogens with zero attached hydrogens (tertiary/aromatic N) is 1. The van der Waals surface area contributed by atoms with Crippen molar-refractivity contribution in [3.05, 3.63) is 58.9 Å². The van der Waals surface area contributed by atoms with E-state index in [1.54, 1.807) is 56.3 Å². The number of ether oxygens (including phenoxy) is 2. The third-order valence-electron chi connectivity index (χ3n) is 3.06. The van der Waals surface area contributed by atoms with Crippen molar-refractivity contribution in [1.82, 2.24) is 4.98 Å². The Morgan fingerprint density at radius 2 is 1.79 bits per heavy atom. The summed E-state index contributed by atoms with van der Waals surface area (Å²) in [6, 6.07) is 11.9. The third-order valence-corrected chi connectivity index (χ3v) is 3.31. The zero-order chi connectivity index (χ0) is 16.9. The fraction of sp³-hybridized carbons (Fsp3) is 0.294. The summed E-state index contributed by atoms with van der Waals surface area (Å²) in [6.07, 6.45) is 0. The molecule has 0 atom stereocenters. The quantitative estimate of drug-likeness (QED) is 0.786. The van der Waals surface area contributed by atoms with Gasteiger partial charge >= 0.3 is 5.97 Å². The highest BCUT2D eigenvalue weighted by atomic mass is 35.5. The molecule has 130 valence electrons. The second-order valence-corrected chi connectivity index (χ2v) is 5.86. The van der Waals surface area contributed by atoms with Crippen molar-refractivity contribution in [3.8, 4) is 5.75 Å². The van der Waals surface area contributed by atoms with Gasteiger partial charge in [-0.25, -0.2) is 4.79 Å². The number of hydrogen-bond acceptors (Lipinski definition) is 5. The summed E-state index contributed by atoms with van der Waals surface area (Å²) in [6.45, 7) is 3.11. The first kappa shape index (κ1) is 20.2. The smallest absolute Gasteiger partial charge is 0.350 e. The van der Waals surface area contributed by atoms with Crippen LogP contribution in [-0.2, 0) is 22.7 Å². The summed E-state index contributed by atoms with van der Waals surface area (Å²) in [5.41, 5.74) is -0.0648. The van der Waals surface area contributed by atoms with E-state index in [4.69, 9.17) is 26.2 Å². The van der Waals surface area contributed by atoms with E-state index in [1.807, 2.05) is 0 Å². The van der Waals surface area contributed by atoms with Gasteiger partial charge in [0.15, 0.2) is 5.60 Å². The molecule has 0 saturated carbocycles. The number of aliphatic hydroxyl groups excluding tert-OH is 1. The molecule has 0 spiro atoms. The number of carbonyl (C=O) groups excluding carboxylic acids is 1. The highest BCUT2D eigenvalue weighted by Gasteiger charge is 2.32. The van der Waals surface area contributed by atoms with Crippen molar-refractivity contribution in [1.29, 1.82) is 0 Å². The average Bonchev–Trinajstić information content (AvgIpc) is 2.54. The van der Waals surface area contributed by atoms with Crippen LogP contribution < -0.4 is 4.74 Å². The van der Waals surface area contributed by atoms with Gasteiger partial charge in [-0.1, -0.05) is 17.7 Å². The predicted octanol–water partition coefficient (Wildman–Crippen LogP) is 3.55. The van der Waals surface area contributed by atoms with Crippen molar-refractivity contribution < 1.29 is 19.4 Å². The van der Waals surface area contributed by atoms with Crippen LogP contribution in [0.3, 0.4) is 0 Å². The van der Waals surface area contributed by atoms with Crippen molar-refractivity contribution >= 4 is 30.0 Å². The molecule has 24 heavy (non-hydrogen) atoms. The monoisotopic (exact) mass is 371 g/mol. The van der Waals surface area contributed by atoms with E-state index in [0.29, 0.717) is 22.2 Å². The van der Waals surface area contributed by atoms with Crippen LogP contribution in [-0.4, -0.2) is 21.7 Å². The fourth-order valence-corrected chi connectivity index (χ4v) is 1.98. The molecule has 1 aromatic heterocycles. The topological polar surface area (TPSA) is 68.7 Å². The largest absolute Gasteiger partial charge is 0.476 e. The van der Waals surface area contributed by atoms with E-state index in [-0.39, 0.29) is 25.6 Å². The molecule has 5 nitrogen and oxygen atoms in total. The molecule has 0 radical (unpaired) electrons. The molecule has 0 aliphatic heterocycles. The number of benzene rings is 1. The van der Waals surface area contributed by atoms with E-state index in [9.17, 15) is 4.79 Å². The summed E-state index contributed by atoms with van der Waals surface area (Å²) >= 11 is 5.82. The molecular weight excluding hydrogens is 353 g/mol. The minimum atomic E-state index is -1.15. The molecule has 0 aliphatic rings. The van der Waals surface area contributed by atoms with Gasteiger partial charge in [0.1, 0.15) is 12.4 Å². The molecule has 0 fully saturated rings. The van der Waals surface area contributed by atoms with E-state index in [1.165, 1.54) is 0 Å². The van der Waals surface area contributed by atoms with Crippen LogP contribution >= 0.6 is 24.0 Å². The number of aromatic nitrogens is 1. The maximum Gasteiger partial charge on any atom is 0.350 e. The SMILES string of the molecule is CC(C)(Oc1ccc(Cl)cc1)C(=O)OCc1cccc(CO)n1.Cl. The zero-order valence-electron chi connectivity index (χ0n) is 13.4. The first-order valence-corrected chi connectivity index (χ1v) is 7.46. The zero-order valence-corrected chi connectivity index (χ0v) is 14.9. The number of aliphatic hydroxyl groups is 1. The molecule has 1 N–H and O–H groups in total. The molecular formula is C17H19Cl2NO4. The average molecular weight is 372 g/mol. The van der Waals surface area contributed by atoms with Gasteiger partial charge < -0.3 is 14.6 Å². The van der Waals surface area contributed by atoms with Crippen molar-refractivity contribution in [3.63, 3.8) is 0 Å². The van der Waals surface area contributed by atoms with Gasteiger partial charge in [-0.3, -0.25) is 4.98 Å². The number of halogens is 2. The maximum absolute atomic E-state index is 12.2. The number of rotatable bonds is 6. The normalized spacial score (nSPS) is 10.7. The second-order valence-electron chi connectivity index (χ2n) is 5.42. The van der Waals surface area contributed by atoms with E-state index in [2.05, 4.69) is 4.98 Å². The van der Waals surface area contributed by atoms with Crippen LogP contribution in [0, 0.1) is 0 Å². The van der Waals surface area contributed by atoms with Crippen LogP contribution in [0.1, 0.15) is 25.2 Å². The Morgan fingerprint density at radius 3 is 2.42 bits per heavy atom. The molecule has 0 bridgehead atoms. The van der Waals surface area contributed by atoms with Gasteiger partial charge in [-0.05, 0) is 50.2 Å². The first-order chi connectivity index (χ1) is 10.9. The van der Waals surface area contributed by atoms with Gasteiger partial charge in [0.2, 0.25) is 0 Å². The molecule has 1 aromatic carbocycles. The minimum Gasteiger partial charge on any atom is -0.476 e. The van der Waals surface area contributed by atoms with Gasteiger partial charge in [-0.2, -0.15) is 0 Å². The van der Waals surface area contributed by atoms with E-state index < -0.39 is 11.6 Å². The van der Waals surface area contributed by atoms with Crippen LogP contribution in [0.5, 0.6) is 5.75 Å². The molecule has 2 rings (SSSR count). The van der Waals surface area contributed by atoms with Crippen LogP contribution in [0.25, 0.3) is 0 Å². The minimum absolute atomic E-state index is 0. The van der Waals surface area contributed by atoms with Gasteiger partial charge in [0, 0.05) is 5.02 Å². The summed E-state index contributed by atoms with van der Waals surface area (Å²) in [5, 5.41) is 9.64. The van der Waals surface area contributed by atoms with Gasteiger partial charge in [0.25, 0.3) is 0 Å². The Hall–Kier alpha value is -1.82. The Kier molecular flexibility index (Phi) is 7.48. The summed E-state index contributed by atoms with van der Waals surface area (Å²) in [5.74, 6) is 0.0143. The lowest BCUT2D eigenvalue weighted by atomic mass is 10.1. The summed E-state index contributed by atoms with van der Waals surface area (Å²) in [4.78, 5) is 16.4. The first-order valence-electron chi connectivity index (χ1n) is 7.08. The number of esters is 1. The molecule has 0 amide bonds. The Bertz CT molecular complexity index is 675. The Morgan fingerprint density at radius 1 is 1.17 bits per heavy atom. The van der Waals surface area contributed by atoms with Crippen LogP contribution in [0.2, 0.25) is 5.02 Å². The van der Waals surface area contributed by atoms with Crippen LogP contribution in [0.4, 0.5) is 0 Å². The van der Waals surface area contributed by atoms with Crippen molar-refractivity contribution in [2.45, 2.75) is 32.7 Å². The maximum atomic E-state index is 12.2. The van der Waals surface area contributed by atoms with E-state index >= 15 is 0 Å². The molecule has 0 aliphatic carbocycles. The highest BCUT2D eigenvalue weighted by molar-refractivity contribution is 6.30. The predicted molar refractivity (Wildman–Crippen MR) is 93.4 cm³/mol. The Labute approximate surface area is 152 Å².